The average molecular weight is 533 g/mol. The molecule has 220 valence electrons. The summed E-state index contributed by atoms with van der Waals surface area (Å²) < 4.78 is 22.1. The Kier molecular flexibility index (Phi) is 29.6. The van der Waals surface area contributed by atoms with Gasteiger partial charge in [-0.05, 0) is 12.8 Å². The van der Waals surface area contributed by atoms with Crippen molar-refractivity contribution in [1.29, 1.82) is 0 Å². The number of aliphatic hydroxyl groups is 1. The van der Waals surface area contributed by atoms with Gasteiger partial charge < -0.3 is 28.8 Å². The van der Waals surface area contributed by atoms with Crippen LogP contribution in [0.4, 0.5) is 0 Å². The van der Waals surface area contributed by atoms with Crippen molar-refractivity contribution in [3.05, 3.63) is 0 Å². The van der Waals surface area contributed by atoms with E-state index in [0.717, 1.165) is 39.1 Å². The highest BCUT2D eigenvalue weighted by Crippen LogP contribution is 2.24. The SMILES string of the molecule is CC.CC(=O)OCC1CC(OC(C)=O)CC(OCCCCCCCCCCCCCCCC=O)O1.CO. The molecule has 3 atom stereocenters. The molecule has 1 fully saturated rings. The number of unbranched alkanes of at least 4 members (excludes halogenated alkanes) is 13. The minimum absolute atomic E-state index is 0.147. The molecule has 0 radical (unpaired) electrons. The zero-order valence-corrected chi connectivity index (χ0v) is 24.3. The summed E-state index contributed by atoms with van der Waals surface area (Å²) in [5, 5.41) is 7.00. The Morgan fingerprint density at radius 2 is 1.27 bits per heavy atom. The first-order valence-electron chi connectivity index (χ1n) is 14.5. The third-order valence-corrected chi connectivity index (χ3v) is 5.90. The van der Waals surface area contributed by atoms with Crippen LogP contribution in [0.15, 0.2) is 0 Å². The van der Waals surface area contributed by atoms with E-state index in [1.165, 1.54) is 78.1 Å². The molecule has 1 saturated heterocycles. The molecule has 0 aliphatic carbocycles. The van der Waals surface area contributed by atoms with Crippen molar-refractivity contribution in [1.82, 2.24) is 0 Å². The van der Waals surface area contributed by atoms with Crippen molar-refractivity contribution in [2.24, 2.45) is 0 Å². The Balaban J connectivity index is 0. The van der Waals surface area contributed by atoms with Gasteiger partial charge in [-0.2, -0.15) is 0 Å². The Labute approximate surface area is 226 Å². The highest BCUT2D eigenvalue weighted by atomic mass is 16.7. The van der Waals surface area contributed by atoms with Crippen molar-refractivity contribution < 1.29 is 38.4 Å². The molecule has 0 bridgehead atoms. The molecule has 1 N–H and O–H groups in total. The molecule has 1 aliphatic heterocycles. The zero-order valence-electron chi connectivity index (χ0n) is 24.3. The largest absolute Gasteiger partial charge is 0.463 e. The van der Waals surface area contributed by atoms with Crippen LogP contribution in [0, 0.1) is 0 Å². The van der Waals surface area contributed by atoms with Gasteiger partial charge in [-0.15, -0.1) is 0 Å². The zero-order chi connectivity index (χ0) is 28.2. The topological polar surface area (TPSA) is 108 Å². The number of hydrogen-bond acceptors (Lipinski definition) is 8. The molecule has 8 heteroatoms. The van der Waals surface area contributed by atoms with Crippen LogP contribution >= 0.6 is 0 Å². The predicted molar refractivity (Wildman–Crippen MR) is 146 cm³/mol. The van der Waals surface area contributed by atoms with Crippen LogP contribution in [-0.2, 0) is 33.3 Å². The Morgan fingerprint density at radius 1 is 0.784 bits per heavy atom. The maximum Gasteiger partial charge on any atom is 0.302 e. The molecule has 0 spiro atoms. The summed E-state index contributed by atoms with van der Waals surface area (Å²) in [7, 11) is 1.00. The fourth-order valence-corrected chi connectivity index (χ4v) is 4.17. The fourth-order valence-electron chi connectivity index (χ4n) is 4.17. The second kappa shape index (κ2) is 29.1. The van der Waals surface area contributed by atoms with Gasteiger partial charge in [-0.3, -0.25) is 9.59 Å². The van der Waals surface area contributed by atoms with E-state index in [1.54, 1.807) is 0 Å². The number of aliphatic hydroxyl groups excluding tert-OH is 1. The summed E-state index contributed by atoms with van der Waals surface area (Å²) in [6.45, 7) is 7.52. The lowest BCUT2D eigenvalue weighted by molar-refractivity contribution is -0.229. The van der Waals surface area contributed by atoms with Gasteiger partial charge in [-0.25, -0.2) is 0 Å². The monoisotopic (exact) mass is 532 g/mol. The number of esters is 2. The molecule has 1 aliphatic rings. The molecule has 0 saturated carbocycles. The first-order valence-corrected chi connectivity index (χ1v) is 14.5. The lowest BCUT2D eigenvalue weighted by Gasteiger charge is -2.34. The van der Waals surface area contributed by atoms with Crippen LogP contribution in [0.5, 0.6) is 0 Å². The van der Waals surface area contributed by atoms with Gasteiger partial charge in [0, 0.05) is 46.8 Å². The lowest BCUT2D eigenvalue weighted by Crippen LogP contribution is -2.41. The van der Waals surface area contributed by atoms with E-state index in [0.29, 0.717) is 19.4 Å². The van der Waals surface area contributed by atoms with E-state index in [1.807, 2.05) is 13.8 Å². The van der Waals surface area contributed by atoms with Crippen molar-refractivity contribution in [2.45, 2.75) is 149 Å². The third-order valence-electron chi connectivity index (χ3n) is 5.90. The molecule has 1 heterocycles. The highest BCUT2D eigenvalue weighted by molar-refractivity contribution is 5.66. The molecule has 37 heavy (non-hydrogen) atoms. The maximum absolute atomic E-state index is 11.3. The van der Waals surface area contributed by atoms with Crippen LogP contribution < -0.4 is 0 Å². The second-order valence-electron chi connectivity index (χ2n) is 9.12. The van der Waals surface area contributed by atoms with Crippen molar-refractivity contribution in [3.63, 3.8) is 0 Å². The Morgan fingerprint density at radius 3 is 1.73 bits per heavy atom. The number of hydrogen-bond donors (Lipinski definition) is 1. The molecular weight excluding hydrogens is 476 g/mol. The van der Waals surface area contributed by atoms with E-state index < -0.39 is 6.29 Å². The molecule has 0 aromatic heterocycles. The smallest absolute Gasteiger partial charge is 0.302 e. The van der Waals surface area contributed by atoms with Crippen LogP contribution in [-0.4, -0.2) is 62.2 Å². The first-order chi connectivity index (χ1) is 18.0. The van der Waals surface area contributed by atoms with Crippen LogP contribution in [0.1, 0.15) is 130 Å². The second-order valence-corrected chi connectivity index (χ2v) is 9.12. The quantitative estimate of drug-likeness (QED) is 0.111. The molecule has 0 aromatic rings. The number of carbonyl (C=O) groups is 3. The van der Waals surface area contributed by atoms with Gasteiger partial charge in [0.2, 0.25) is 0 Å². The average Bonchev–Trinajstić information content (AvgIpc) is 2.89. The third kappa shape index (κ3) is 25.9. The fraction of sp³-hybridized carbons (Fsp3) is 0.897. The van der Waals surface area contributed by atoms with Crippen molar-refractivity contribution in [2.75, 3.05) is 20.3 Å². The molecule has 1 rings (SSSR count). The first kappa shape index (κ1) is 37.6. The van der Waals surface area contributed by atoms with Crippen LogP contribution in [0.25, 0.3) is 0 Å². The molecular formula is C29H56O8. The minimum atomic E-state index is -0.436. The van der Waals surface area contributed by atoms with E-state index in [2.05, 4.69) is 0 Å². The summed E-state index contributed by atoms with van der Waals surface area (Å²) in [6.07, 6.45) is 17.7. The summed E-state index contributed by atoms with van der Waals surface area (Å²) in [5.41, 5.74) is 0. The normalized spacial score (nSPS) is 18.5. The Bertz CT molecular complexity index is 526. The number of aldehydes is 1. The predicted octanol–water partition coefficient (Wildman–Crippen LogP) is 6.30. The van der Waals surface area contributed by atoms with Gasteiger partial charge in [0.15, 0.2) is 6.29 Å². The van der Waals surface area contributed by atoms with E-state index in [-0.39, 0.29) is 30.8 Å². The summed E-state index contributed by atoms with van der Waals surface area (Å²) in [4.78, 5) is 32.6. The number of ether oxygens (including phenoxy) is 4. The van der Waals surface area contributed by atoms with E-state index in [9.17, 15) is 14.4 Å². The summed E-state index contributed by atoms with van der Waals surface area (Å²) in [6, 6.07) is 0. The standard InChI is InChI=1S/C26H46O7.C2H6.CH4O/c1-22(28)31-21-25-19-24(32-23(2)29)20-26(33-25)30-18-16-14-12-10-8-6-4-3-5-7-9-11-13-15-17-27;2*1-2/h17,24-26H,3-16,18-21H2,1-2H3;1-2H3;2H,1H3. The Hall–Kier alpha value is -1.51. The minimum Gasteiger partial charge on any atom is -0.463 e. The number of carbonyl (C=O) groups excluding carboxylic acids is 3. The molecule has 3 unspecified atom stereocenters. The van der Waals surface area contributed by atoms with Crippen molar-refractivity contribution in [3.8, 4) is 0 Å². The van der Waals surface area contributed by atoms with Gasteiger partial charge in [0.25, 0.3) is 0 Å². The van der Waals surface area contributed by atoms with Gasteiger partial charge >= 0.3 is 11.9 Å². The van der Waals surface area contributed by atoms with Gasteiger partial charge in [0.05, 0.1) is 6.10 Å². The lowest BCUT2D eigenvalue weighted by atomic mass is 10.0. The molecule has 0 aromatic carbocycles. The summed E-state index contributed by atoms with van der Waals surface area (Å²) in [5.74, 6) is -0.675. The van der Waals surface area contributed by atoms with Crippen LogP contribution in [0.3, 0.4) is 0 Å². The highest BCUT2D eigenvalue weighted by Gasteiger charge is 2.32. The van der Waals surface area contributed by atoms with Crippen LogP contribution in [0.2, 0.25) is 0 Å². The van der Waals surface area contributed by atoms with E-state index in [4.69, 9.17) is 24.1 Å². The van der Waals surface area contributed by atoms with E-state index >= 15 is 0 Å². The number of rotatable bonds is 20. The molecule has 8 nitrogen and oxygen atoms in total. The van der Waals surface area contributed by atoms with Crippen molar-refractivity contribution >= 4 is 18.2 Å². The van der Waals surface area contributed by atoms with Gasteiger partial charge in [0.1, 0.15) is 19.0 Å². The molecule has 0 amide bonds. The maximum atomic E-state index is 11.3. The van der Waals surface area contributed by atoms with Gasteiger partial charge in [-0.1, -0.05) is 84.5 Å². The summed E-state index contributed by atoms with van der Waals surface area (Å²) >= 11 is 0.